The number of carboxylic acid groups (broad SMARTS) is 1. The lowest BCUT2D eigenvalue weighted by atomic mass is 10.3. The zero-order valence-corrected chi connectivity index (χ0v) is 16.3. The third-order valence-corrected chi connectivity index (χ3v) is 9.40. The number of likely N-dealkylation sites (N-methyl/N-ethyl adjacent to an activating group) is 1. The summed E-state index contributed by atoms with van der Waals surface area (Å²) in [5.74, 6) is 2.33. The standard InChI is InChI=1S/C13H26NO2PS3/c1-6-14(7-12(15)16)13(17-18,19-8-10(2)3)20-9-11(4)5/h10-11H,6-9H2,1-5H3,(H,15,16). The van der Waals surface area contributed by atoms with Gasteiger partial charge in [-0.05, 0) is 29.9 Å². The van der Waals surface area contributed by atoms with Crippen LogP contribution in [0.2, 0.25) is 0 Å². The third-order valence-electron chi connectivity index (χ3n) is 2.43. The van der Waals surface area contributed by atoms with Crippen LogP contribution in [0.15, 0.2) is 0 Å². The Bertz CT molecular complexity index is 302. The summed E-state index contributed by atoms with van der Waals surface area (Å²) in [7, 11) is 0.812. The predicted octanol–water partition coefficient (Wildman–Crippen LogP) is 4.19. The first-order valence-electron chi connectivity index (χ1n) is 6.86. The molecule has 0 saturated carbocycles. The molecule has 0 bridgehead atoms. The Hall–Kier alpha value is 0.650. The van der Waals surface area contributed by atoms with Crippen LogP contribution in [0, 0.1) is 11.8 Å². The van der Waals surface area contributed by atoms with Crippen molar-refractivity contribution in [2.24, 2.45) is 11.8 Å². The fourth-order valence-corrected chi connectivity index (χ4v) is 6.55. The van der Waals surface area contributed by atoms with Crippen molar-refractivity contribution >= 4 is 48.7 Å². The van der Waals surface area contributed by atoms with E-state index in [1.54, 1.807) is 23.5 Å². The number of thioether (sulfide) groups is 2. The third kappa shape index (κ3) is 7.60. The van der Waals surface area contributed by atoms with E-state index in [-0.39, 0.29) is 10.5 Å². The number of aliphatic carboxylic acids is 1. The van der Waals surface area contributed by atoms with Gasteiger partial charge in [-0.15, -0.1) is 23.5 Å². The van der Waals surface area contributed by atoms with Crippen LogP contribution in [0.1, 0.15) is 34.6 Å². The van der Waals surface area contributed by atoms with E-state index in [2.05, 4.69) is 27.7 Å². The maximum atomic E-state index is 11.1. The van der Waals surface area contributed by atoms with Gasteiger partial charge in [-0.3, -0.25) is 9.69 Å². The lowest BCUT2D eigenvalue weighted by Crippen LogP contribution is -2.43. The molecule has 0 spiro atoms. The van der Waals surface area contributed by atoms with Crippen molar-refractivity contribution < 1.29 is 9.90 Å². The zero-order chi connectivity index (χ0) is 15.8. The Morgan fingerprint density at radius 3 is 1.95 bits per heavy atom. The van der Waals surface area contributed by atoms with Gasteiger partial charge in [0.2, 0.25) is 0 Å². The second-order valence-electron chi connectivity index (χ2n) is 5.46. The predicted molar refractivity (Wildman–Crippen MR) is 96.5 cm³/mol. The Morgan fingerprint density at radius 1 is 1.25 bits per heavy atom. The number of carboxylic acids is 1. The van der Waals surface area contributed by atoms with Crippen molar-refractivity contribution in [2.45, 2.75) is 38.6 Å². The molecule has 0 aliphatic heterocycles. The molecule has 0 unspecified atom stereocenters. The van der Waals surface area contributed by atoms with Gasteiger partial charge in [0, 0.05) is 7.36 Å². The molecule has 0 amide bonds. The monoisotopic (exact) mass is 355 g/mol. The first-order valence-corrected chi connectivity index (χ1v) is 10.7. The van der Waals surface area contributed by atoms with Crippen molar-refractivity contribution in [2.75, 3.05) is 24.6 Å². The van der Waals surface area contributed by atoms with E-state index in [1.165, 1.54) is 0 Å². The molecular weight excluding hydrogens is 329 g/mol. The molecule has 0 aliphatic carbocycles. The Labute approximate surface area is 138 Å². The van der Waals surface area contributed by atoms with Crippen LogP contribution in [-0.4, -0.2) is 44.5 Å². The molecule has 7 heteroatoms. The van der Waals surface area contributed by atoms with Crippen molar-refractivity contribution in [1.82, 2.24) is 4.90 Å². The van der Waals surface area contributed by atoms with Gasteiger partial charge in [0.25, 0.3) is 0 Å². The van der Waals surface area contributed by atoms with Crippen LogP contribution < -0.4 is 0 Å². The van der Waals surface area contributed by atoms with Crippen molar-refractivity contribution in [3.63, 3.8) is 0 Å². The van der Waals surface area contributed by atoms with E-state index in [0.717, 1.165) is 18.9 Å². The first-order chi connectivity index (χ1) is 9.27. The molecule has 0 aromatic rings. The summed E-state index contributed by atoms with van der Waals surface area (Å²) in [5.41, 5.74) is 0. The minimum Gasteiger partial charge on any atom is -0.480 e. The van der Waals surface area contributed by atoms with E-state index in [1.807, 2.05) is 11.8 Å². The molecule has 118 valence electrons. The van der Waals surface area contributed by atoms with E-state index in [9.17, 15) is 4.79 Å². The minimum atomic E-state index is -0.787. The van der Waals surface area contributed by atoms with Gasteiger partial charge in [-0.1, -0.05) is 46.4 Å². The molecule has 0 atom stereocenters. The van der Waals surface area contributed by atoms with Crippen molar-refractivity contribution in [3.8, 4) is 0 Å². The number of carbonyl (C=O) groups is 1. The first kappa shape index (κ1) is 20.6. The fourth-order valence-electron chi connectivity index (χ4n) is 1.46. The number of hydrogen-bond donors (Lipinski definition) is 1. The van der Waals surface area contributed by atoms with Crippen molar-refractivity contribution in [3.05, 3.63) is 0 Å². The normalized spacial score (nSPS) is 12.8. The van der Waals surface area contributed by atoms with Gasteiger partial charge in [0.15, 0.2) is 3.94 Å². The van der Waals surface area contributed by atoms with E-state index < -0.39 is 5.97 Å². The van der Waals surface area contributed by atoms with Gasteiger partial charge >= 0.3 is 5.97 Å². The van der Waals surface area contributed by atoms with Crippen LogP contribution in [0.25, 0.3) is 0 Å². The van der Waals surface area contributed by atoms with Gasteiger partial charge < -0.3 is 5.11 Å². The van der Waals surface area contributed by atoms with Crippen LogP contribution >= 0.6 is 30.9 Å². The number of nitrogens with zero attached hydrogens (tertiary/aromatic N) is 1. The Balaban J connectivity index is 5.12. The van der Waals surface area contributed by atoms with Gasteiger partial charge in [0.1, 0.15) is 0 Å². The van der Waals surface area contributed by atoms with Crippen molar-refractivity contribution in [1.29, 1.82) is 0 Å². The SMILES string of the molecule is CCN(CC(=O)O)C(P=S)(SCC(C)C)SCC(C)C. The molecule has 0 aromatic heterocycles. The van der Waals surface area contributed by atoms with E-state index >= 15 is 0 Å². The van der Waals surface area contributed by atoms with E-state index in [0.29, 0.717) is 18.4 Å². The lowest BCUT2D eigenvalue weighted by molar-refractivity contribution is -0.138. The number of rotatable bonds is 11. The fraction of sp³-hybridized carbons (Fsp3) is 0.923. The summed E-state index contributed by atoms with van der Waals surface area (Å²) < 4.78 is -0.322. The molecule has 3 nitrogen and oxygen atoms in total. The van der Waals surface area contributed by atoms with Crippen LogP contribution in [0.3, 0.4) is 0 Å². The molecule has 0 radical (unpaired) electrons. The largest absolute Gasteiger partial charge is 0.480 e. The second kappa shape index (κ2) is 10.4. The summed E-state index contributed by atoms with van der Waals surface area (Å²) in [6, 6.07) is 0. The smallest absolute Gasteiger partial charge is 0.317 e. The average Bonchev–Trinajstić information content (AvgIpc) is 2.36. The molecule has 1 N–H and O–H groups in total. The summed E-state index contributed by atoms with van der Waals surface area (Å²) in [5, 5.41) is 9.13. The molecule has 0 aromatic carbocycles. The van der Waals surface area contributed by atoms with Gasteiger partial charge in [0.05, 0.1) is 6.54 Å². The maximum absolute atomic E-state index is 11.1. The second-order valence-corrected chi connectivity index (χ2v) is 10.1. The average molecular weight is 356 g/mol. The summed E-state index contributed by atoms with van der Waals surface area (Å²) >= 11 is 8.99. The molecule has 0 heterocycles. The molecule has 0 fully saturated rings. The molecule has 0 rings (SSSR count). The molecular formula is C13H26NO2PS3. The molecule has 0 aliphatic rings. The highest BCUT2D eigenvalue weighted by molar-refractivity contribution is 8.27. The van der Waals surface area contributed by atoms with E-state index in [4.69, 9.17) is 16.9 Å². The van der Waals surface area contributed by atoms with Crippen LogP contribution in [0.5, 0.6) is 0 Å². The highest BCUT2D eigenvalue weighted by atomic mass is 32.4. The molecule has 0 saturated heterocycles. The summed E-state index contributed by atoms with van der Waals surface area (Å²) in [4.78, 5) is 13.1. The van der Waals surface area contributed by atoms with Gasteiger partial charge in [-0.25, -0.2) is 0 Å². The summed E-state index contributed by atoms with van der Waals surface area (Å²) in [6.45, 7) is 11.5. The lowest BCUT2D eigenvalue weighted by Gasteiger charge is -2.38. The minimum absolute atomic E-state index is 0.0519. The zero-order valence-electron chi connectivity index (χ0n) is 13.0. The highest BCUT2D eigenvalue weighted by Crippen LogP contribution is 2.50. The van der Waals surface area contributed by atoms with Gasteiger partial charge in [-0.2, -0.15) is 0 Å². The van der Waals surface area contributed by atoms with Crippen LogP contribution in [0.4, 0.5) is 0 Å². The summed E-state index contributed by atoms with van der Waals surface area (Å²) in [6.07, 6.45) is 0. The Morgan fingerprint density at radius 2 is 1.70 bits per heavy atom. The topological polar surface area (TPSA) is 40.5 Å². The maximum Gasteiger partial charge on any atom is 0.317 e. The Kier molecular flexibility index (Phi) is 10.7. The number of hydrogen-bond acceptors (Lipinski definition) is 5. The highest BCUT2D eigenvalue weighted by Gasteiger charge is 2.37. The van der Waals surface area contributed by atoms with Crippen LogP contribution in [-0.2, 0) is 16.6 Å². The molecule has 20 heavy (non-hydrogen) atoms. The quantitative estimate of drug-likeness (QED) is 0.443.